The molecule has 0 atom stereocenters. The van der Waals surface area contributed by atoms with E-state index >= 15 is 0 Å². The molecule has 1 fully saturated rings. The van der Waals surface area contributed by atoms with Crippen molar-refractivity contribution in [2.24, 2.45) is 5.92 Å². The highest BCUT2D eigenvalue weighted by molar-refractivity contribution is 7.99. The number of halogens is 1. The van der Waals surface area contributed by atoms with E-state index in [2.05, 4.69) is 0 Å². The molecule has 4 nitrogen and oxygen atoms in total. The summed E-state index contributed by atoms with van der Waals surface area (Å²) in [6.07, 6.45) is 2.07. The molecule has 0 spiro atoms. The average molecular weight is 316 g/mol. The minimum atomic E-state index is -0.814. The third-order valence-electron chi connectivity index (χ3n) is 3.74. The van der Waals surface area contributed by atoms with Gasteiger partial charge in [0.1, 0.15) is 0 Å². The average Bonchev–Trinajstić information content (AvgIpc) is 2.40. The SMILES string of the molecule is Nc1ccc(Cl)cc1SCC1(O)CCC(C(=O)O)CC1. The Morgan fingerprint density at radius 3 is 2.70 bits per heavy atom. The Kier molecular flexibility index (Phi) is 4.83. The maximum Gasteiger partial charge on any atom is 0.306 e. The summed E-state index contributed by atoms with van der Waals surface area (Å²) < 4.78 is 0. The van der Waals surface area contributed by atoms with Gasteiger partial charge in [-0.05, 0) is 43.9 Å². The minimum absolute atomic E-state index is 0.323. The van der Waals surface area contributed by atoms with Crippen molar-refractivity contribution < 1.29 is 15.0 Å². The molecule has 0 aromatic heterocycles. The number of nitrogens with two attached hydrogens (primary N) is 1. The number of aliphatic carboxylic acids is 1. The van der Waals surface area contributed by atoms with Gasteiger partial charge in [-0.3, -0.25) is 4.79 Å². The second-order valence-corrected chi connectivity index (χ2v) is 6.76. The zero-order valence-corrected chi connectivity index (χ0v) is 12.6. The van der Waals surface area contributed by atoms with Crippen LogP contribution in [0.15, 0.2) is 23.1 Å². The van der Waals surface area contributed by atoms with Crippen LogP contribution in [0.2, 0.25) is 5.02 Å². The molecule has 0 aliphatic heterocycles. The Labute approximate surface area is 127 Å². The van der Waals surface area contributed by atoms with E-state index in [0.717, 1.165) is 4.90 Å². The summed E-state index contributed by atoms with van der Waals surface area (Å²) in [5.74, 6) is -0.584. The fourth-order valence-electron chi connectivity index (χ4n) is 2.39. The van der Waals surface area contributed by atoms with Gasteiger partial charge in [0.05, 0.1) is 11.5 Å². The molecular formula is C14H18ClNO3S. The van der Waals surface area contributed by atoms with Crippen molar-refractivity contribution in [2.45, 2.75) is 36.2 Å². The molecule has 2 rings (SSSR count). The third-order valence-corrected chi connectivity index (χ3v) is 5.32. The lowest BCUT2D eigenvalue weighted by molar-refractivity contribution is -0.144. The lowest BCUT2D eigenvalue weighted by Gasteiger charge is -2.34. The van der Waals surface area contributed by atoms with E-state index in [4.69, 9.17) is 22.4 Å². The molecule has 0 bridgehead atoms. The summed E-state index contributed by atoms with van der Waals surface area (Å²) in [6.45, 7) is 0. The summed E-state index contributed by atoms with van der Waals surface area (Å²) in [5, 5.41) is 20.1. The number of carboxylic acids is 1. The Balaban J connectivity index is 1.94. The molecule has 0 heterocycles. The number of hydrogen-bond acceptors (Lipinski definition) is 4. The monoisotopic (exact) mass is 315 g/mol. The second-order valence-electron chi connectivity index (χ2n) is 5.31. The van der Waals surface area contributed by atoms with Crippen LogP contribution in [0.3, 0.4) is 0 Å². The first-order valence-corrected chi connectivity index (χ1v) is 7.89. The van der Waals surface area contributed by atoms with Gasteiger partial charge in [-0.2, -0.15) is 0 Å². The lowest BCUT2D eigenvalue weighted by Crippen LogP contribution is -2.38. The van der Waals surface area contributed by atoms with Crippen molar-refractivity contribution in [1.29, 1.82) is 0 Å². The van der Waals surface area contributed by atoms with Gasteiger partial charge >= 0.3 is 5.97 Å². The Hall–Kier alpha value is -0.910. The van der Waals surface area contributed by atoms with Gasteiger partial charge in [-0.15, -0.1) is 11.8 Å². The van der Waals surface area contributed by atoms with Crippen molar-refractivity contribution in [2.75, 3.05) is 11.5 Å². The first-order chi connectivity index (χ1) is 9.39. The largest absolute Gasteiger partial charge is 0.481 e. The van der Waals surface area contributed by atoms with Crippen molar-refractivity contribution in [3.63, 3.8) is 0 Å². The van der Waals surface area contributed by atoms with Gasteiger partial charge in [-0.25, -0.2) is 0 Å². The molecule has 6 heteroatoms. The number of nitrogen functional groups attached to an aromatic ring is 1. The summed E-state index contributed by atoms with van der Waals surface area (Å²) in [7, 11) is 0. The normalized spacial score (nSPS) is 26.4. The molecule has 1 aliphatic carbocycles. The molecule has 0 saturated heterocycles. The number of hydrogen-bond donors (Lipinski definition) is 3. The number of aliphatic hydroxyl groups is 1. The summed E-state index contributed by atoms with van der Waals surface area (Å²) in [4.78, 5) is 11.8. The van der Waals surface area contributed by atoms with Gasteiger partial charge in [0.2, 0.25) is 0 Å². The first kappa shape index (κ1) is 15.5. The van der Waals surface area contributed by atoms with Gasteiger partial charge in [0.15, 0.2) is 0 Å². The number of benzene rings is 1. The zero-order valence-electron chi connectivity index (χ0n) is 11.0. The van der Waals surface area contributed by atoms with Crippen LogP contribution in [0.5, 0.6) is 0 Å². The quantitative estimate of drug-likeness (QED) is 0.587. The number of thioether (sulfide) groups is 1. The smallest absolute Gasteiger partial charge is 0.306 e. The van der Waals surface area contributed by atoms with Crippen molar-refractivity contribution in [3.8, 4) is 0 Å². The van der Waals surface area contributed by atoms with Crippen LogP contribution < -0.4 is 5.73 Å². The Morgan fingerprint density at radius 2 is 2.10 bits per heavy atom. The molecule has 1 aromatic carbocycles. The van der Waals surface area contributed by atoms with Crippen LogP contribution in [0.4, 0.5) is 5.69 Å². The Bertz CT molecular complexity index is 501. The molecule has 1 aromatic rings. The maximum atomic E-state index is 10.9. The summed E-state index contributed by atoms with van der Waals surface area (Å²) in [5.41, 5.74) is 5.70. The van der Waals surface area contributed by atoms with E-state index in [0.29, 0.717) is 42.1 Å². The van der Waals surface area contributed by atoms with Crippen molar-refractivity contribution in [3.05, 3.63) is 23.2 Å². The highest BCUT2D eigenvalue weighted by Crippen LogP contribution is 2.38. The predicted molar refractivity (Wildman–Crippen MR) is 81.1 cm³/mol. The molecule has 4 N–H and O–H groups in total. The van der Waals surface area contributed by atoms with Crippen molar-refractivity contribution in [1.82, 2.24) is 0 Å². The first-order valence-electron chi connectivity index (χ1n) is 6.53. The second kappa shape index (κ2) is 6.24. The van der Waals surface area contributed by atoms with Crippen LogP contribution in [0, 0.1) is 5.92 Å². The predicted octanol–water partition coefficient (Wildman–Crippen LogP) is 3.02. The van der Waals surface area contributed by atoms with E-state index < -0.39 is 11.6 Å². The molecule has 0 unspecified atom stereocenters. The fraction of sp³-hybridized carbons (Fsp3) is 0.500. The highest BCUT2D eigenvalue weighted by Gasteiger charge is 2.35. The molecule has 1 saturated carbocycles. The van der Waals surface area contributed by atoms with E-state index in [-0.39, 0.29) is 5.92 Å². The van der Waals surface area contributed by atoms with Gasteiger partial charge < -0.3 is 15.9 Å². The van der Waals surface area contributed by atoms with Crippen LogP contribution in [-0.4, -0.2) is 27.5 Å². The third kappa shape index (κ3) is 3.81. The maximum absolute atomic E-state index is 10.9. The number of carboxylic acid groups (broad SMARTS) is 1. The van der Waals surface area contributed by atoms with Crippen LogP contribution in [0.1, 0.15) is 25.7 Å². The van der Waals surface area contributed by atoms with E-state index in [1.165, 1.54) is 11.8 Å². The van der Waals surface area contributed by atoms with Gasteiger partial charge in [0, 0.05) is 21.4 Å². The van der Waals surface area contributed by atoms with E-state index in [1.807, 2.05) is 0 Å². The molecule has 0 amide bonds. The fourth-order valence-corrected chi connectivity index (χ4v) is 3.79. The van der Waals surface area contributed by atoms with Crippen molar-refractivity contribution >= 4 is 35.0 Å². The molecule has 20 heavy (non-hydrogen) atoms. The number of rotatable bonds is 4. The molecular weight excluding hydrogens is 298 g/mol. The van der Waals surface area contributed by atoms with Crippen LogP contribution in [-0.2, 0) is 4.79 Å². The summed E-state index contributed by atoms with van der Waals surface area (Å²) in [6, 6.07) is 5.26. The highest BCUT2D eigenvalue weighted by atomic mass is 35.5. The minimum Gasteiger partial charge on any atom is -0.481 e. The van der Waals surface area contributed by atoms with E-state index in [1.54, 1.807) is 18.2 Å². The van der Waals surface area contributed by atoms with Crippen LogP contribution >= 0.6 is 23.4 Å². The standard InChI is InChI=1S/C14H18ClNO3S/c15-10-1-2-11(16)12(7-10)20-8-14(19)5-3-9(4-6-14)13(17)18/h1-2,7,9,19H,3-6,8,16H2,(H,17,18). The zero-order chi connectivity index (χ0) is 14.8. The topological polar surface area (TPSA) is 83.5 Å². The summed E-state index contributed by atoms with van der Waals surface area (Å²) >= 11 is 7.40. The van der Waals surface area contributed by atoms with Gasteiger partial charge in [0.25, 0.3) is 0 Å². The molecule has 1 aliphatic rings. The molecule has 0 radical (unpaired) electrons. The number of anilines is 1. The van der Waals surface area contributed by atoms with Crippen LogP contribution in [0.25, 0.3) is 0 Å². The molecule has 110 valence electrons. The number of carbonyl (C=O) groups is 1. The van der Waals surface area contributed by atoms with Gasteiger partial charge in [-0.1, -0.05) is 11.6 Å². The van der Waals surface area contributed by atoms with E-state index in [9.17, 15) is 9.90 Å². The Morgan fingerprint density at radius 1 is 1.45 bits per heavy atom. The lowest BCUT2D eigenvalue weighted by atomic mass is 9.80.